The van der Waals surface area contributed by atoms with Crippen LogP contribution >= 0.6 is 0 Å². The molecule has 0 unspecified atom stereocenters. The number of hydrogen-bond donors (Lipinski definition) is 1. The second-order valence-corrected chi connectivity index (χ2v) is 3.71. The first-order valence-electron chi connectivity index (χ1n) is 5.36. The number of nitrogens with one attached hydrogen (secondary N) is 1. The molecule has 0 saturated heterocycles. The topological polar surface area (TPSA) is 12.0 Å². The van der Waals surface area contributed by atoms with Crippen molar-refractivity contribution < 1.29 is 13.2 Å². The minimum atomic E-state index is -4.07. The van der Waals surface area contributed by atoms with Crippen LogP contribution in [0.25, 0.3) is 0 Å². The Bertz CT molecular complexity index is 303. The molecule has 0 aliphatic rings. The SMILES string of the molecule is CCc1ccc(CNCCC(F)(F)F)cc1. The van der Waals surface area contributed by atoms with Gasteiger partial charge >= 0.3 is 6.18 Å². The molecule has 1 aromatic rings. The van der Waals surface area contributed by atoms with E-state index in [0.29, 0.717) is 6.54 Å². The molecule has 0 aromatic heterocycles. The van der Waals surface area contributed by atoms with E-state index >= 15 is 0 Å². The summed E-state index contributed by atoms with van der Waals surface area (Å²) in [5.41, 5.74) is 2.25. The lowest BCUT2D eigenvalue weighted by molar-refractivity contribution is -0.133. The molecule has 0 bridgehead atoms. The molecule has 0 amide bonds. The Morgan fingerprint density at radius 3 is 2.12 bits per heavy atom. The van der Waals surface area contributed by atoms with E-state index in [0.717, 1.165) is 12.0 Å². The molecule has 0 saturated carbocycles. The first kappa shape index (κ1) is 13.0. The lowest BCUT2D eigenvalue weighted by atomic mass is 10.1. The van der Waals surface area contributed by atoms with Crippen LogP contribution in [0.1, 0.15) is 24.5 Å². The summed E-state index contributed by atoms with van der Waals surface area (Å²) in [6.07, 6.45) is -3.87. The van der Waals surface area contributed by atoms with Crippen LogP contribution in [0.2, 0.25) is 0 Å². The number of halogens is 3. The minimum absolute atomic E-state index is 0.0287. The van der Waals surface area contributed by atoms with Crippen molar-refractivity contribution >= 4 is 0 Å². The molecule has 1 aromatic carbocycles. The van der Waals surface area contributed by atoms with Gasteiger partial charge in [0.2, 0.25) is 0 Å². The van der Waals surface area contributed by atoms with Crippen LogP contribution in [0.5, 0.6) is 0 Å². The average molecular weight is 231 g/mol. The summed E-state index contributed by atoms with van der Waals surface area (Å²) in [5, 5.41) is 2.78. The molecule has 0 aliphatic heterocycles. The smallest absolute Gasteiger partial charge is 0.312 e. The lowest BCUT2D eigenvalue weighted by Gasteiger charge is -2.08. The molecule has 1 rings (SSSR count). The number of rotatable bonds is 5. The van der Waals surface area contributed by atoms with Gasteiger partial charge in [0.25, 0.3) is 0 Å². The highest BCUT2D eigenvalue weighted by molar-refractivity contribution is 5.22. The molecule has 0 aliphatic carbocycles. The third kappa shape index (κ3) is 5.16. The second-order valence-electron chi connectivity index (χ2n) is 3.71. The molecule has 0 spiro atoms. The predicted octanol–water partition coefficient (Wildman–Crippen LogP) is 3.29. The molecular weight excluding hydrogens is 215 g/mol. The summed E-state index contributed by atoms with van der Waals surface area (Å²) in [7, 11) is 0. The Hall–Kier alpha value is -1.03. The van der Waals surface area contributed by atoms with E-state index in [9.17, 15) is 13.2 Å². The third-order valence-corrected chi connectivity index (χ3v) is 2.35. The van der Waals surface area contributed by atoms with Gasteiger partial charge in [0.05, 0.1) is 6.42 Å². The third-order valence-electron chi connectivity index (χ3n) is 2.35. The van der Waals surface area contributed by atoms with Crippen molar-refractivity contribution in [3.8, 4) is 0 Å². The zero-order valence-electron chi connectivity index (χ0n) is 9.27. The van der Waals surface area contributed by atoms with E-state index in [4.69, 9.17) is 0 Å². The molecule has 0 fully saturated rings. The van der Waals surface area contributed by atoms with Crippen molar-refractivity contribution in [2.45, 2.75) is 32.5 Å². The standard InChI is InChI=1S/C12H16F3N/c1-2-10-3-5-11(6-4-10)9-16-8-7-12(13,14)15/h3-6,16H,2,7-9H2,1H3. The summed E-state index contributed by atoms with van der Waals surface area (Å²) in [5.74, 6) is 0. The summed E-state index contributed by atoms with van der Waals surface area (Å²) < 4.78 is 35.5. The zero-order chi connectivity index (χ0) is 12.0. The Morgan fingerprint density at radius 2 is 1.62 bits per heavy atom. The fourth-order valence-corrected chi connectivity index (χ4v) is 1.36. The van der Waals surface area contributed by atoms with Crippen molar-refractivity contribution in [2.75, 3.05) is 6.54 Å². The molecule has 4 heteroatoms. The molecule has 0 atom stereocenters. The van der Waals surface area contributed by atoms with Gasteiger partial charge in [0.15, 0.2) is 0 Å². The fraction of sp³-hybridized carbons (Fsp3) is 0.500. The van der Waals surface area contributed by atoms with E-state index < -0.39 is 12.6 Å². The number of benzene rings is 1. The van der Waals surface area contributed by atoms with Crippen LogP contribution in [0.3, 0.4) is 0 Å². The van der Waals surface area contributed by atoms with Gasteiger partial charge in [-0.1, -0.05) is 31.2 Å². The number of hydrogen-bond acceptors (Lipinski definition) is 1. The van der Waals surface area contributed by atoms with Gasteiger partial charge in [-0.05, 0) is 17.5 Å². The molecule has 90 valence electrons. The van der Waals surface area contributed by atoms with Gasteiger partial charge in [-0.2, -0.15) is 13.2 Å². The summed E-state index contributed by atoms with van der Waals surface area (Å²) in [6.45, 7) is 2.52. The van der Waals surface area contributed by atoms with E-state index in [2.05, 4.69) is 12.2 Å². The number of aryl methyl sites for hydroxylation is 1. The molecular formula is C12H16F3N. The maximum absolute atomic E-state index is 11.8. The van der Waals surface area contributed by atoms with Gasteiger partial charge in [-0.15, -0.1) is 0 Å². The quantitative estimate of drug-likeness (QED) is 0.767. The van der Waals surface area contributed by atoms with Crippen molar-refractivity contribution in [1.82, 2.24) is 5.32 Å². The average Bonchev–Trinajstić information content (AvgIpc) is 2.24. The van der Waals surface area contributed by atoms with Crippen LogP contribution in [0.15, 0.2) is 24.3 Å². The van der Waals surface area contributed by atoms with Crippen LogP contribution < -0.4 is 5.32 Å². The Labute approximate surface area is 93.7 Å². The van der Waals surface area contributed by atoms with Gasteiger partial charge in [-0.3, -0.25) is 0 Å². The second kappa shape index (κ2) is 5.89. The predicted molar refractivity (Wildman–Crippen MR) is 58.2 cm³/mol. The summed E-state index contributed by atoms with van der Waals surface area (Å²) in [4.78, 5) is 0. The van der Waals surface area contributed by atoms with Gasteiger partial charge in [0, 0.05) is 13.1 Å². The van der Waals surface area contributed by atoms with Crippen LogP contribution in [0.4, 0.5) is 13.2 Å². The Morgan fingerprint density at radius 1 is 1.06 bits per heavy atom. The van der Waals surface area contributed by atoms with Gasteiger partial charge in [0.1, 0.15) is 0 Å². The van der Waals surface area contributed by atoms with Crippen LogP contribution in [-0.2, 0) is 13.0 Å². The molecule has 1 N–H and O–H groups in total. The van der Waals surface area contributed by atoms with E-state index in [-0.39, 0.29) is 6.54 Å². The molecule has 0 heterocycles. The minimum Gasteiger partial charge on any atom is -0.312 e. The van der Waals surface area contributed by atoms with Crippen molar-refractivity contribution in [1.29, 1.82) is 0 Å². The van der Waals surface area contributed by atoms with Crippen LogP contribution in [0, 0.1) is 0 Å². The van der Waals surface area contributed by atoms with E-state index in [1.807, 2.05) is 24.3 Å². The molecule has 0 radical (unpaired) electrons. The van der Waals surface area contributed by atoms with Gasteiger partial charge in [-0.25, -0.2) is 0 Å². The fourth-order valence-electron chi connectivity index (χ4n) is 1.36. The summed E-state index contributed by atoms with van der Waals surface area (Å²) >= 11 is 0. The van der Waals surface area contributed by atoms with Crippen molar-refractivity contribution in [3.63, 3.8) is 0 Å². The van der Waals surface area contributed by atoms with Crippen molar-refractivity contribution in [3.05, 3.63) is 35.4 Å². The largest absolute Gasteiger partial charge is 0.390 e. The summed E-state index contributed by atoms with van der Waals surface area (Å²) in [6, 6.07) is 7.89. The zero-order valence-corrected chi connectivity index (χ0v) is 9.27. The Kier molecular flexibility index (Phi) is 4.80. The highest BCUT2D eigenvalue weighted by Gasteiger charge is 2.25. The molecule has 1 nitrogen and oxygen atoms in total. The first-order valence-corrected chi connectivity index (χ1v) is 5.36. The normalized spacial score (nSPS) is 11.8. The van der Waals surface area contributed by atoms with Gasteiger partial charge < -0.3 is 5.32 Å². The number of alkyl halides is 3. The van der Waals surface area contributed by atoms with Crippen LogP contribution in [-0.4, -0.2) is 12.7 Å². The van der Waals surface area contributed by atoms with Crippen molar-refractivity contribution in [2.24, 2.45) is 0 Å². The maximum atomic E-state index is 11.8. The molecule has 16 heavy (non-hydrogen) atoms. The van der Waals surface area contributed by atoms with E-state index in [1.54, 1.807) is 0 Å². The lowest BCUT2D eigenvalue weighted by Crippen LogP contribution is -2.21. The monoisotopic (exact) mass is 231 g/mol. The highest BCUT2D eigenvalue weighted by Crippen LogP contribution is 2.18. The highest BCUT2D eigenvalue weighted by atomic mass is 19.4. The Balaban J connectivity index is 2.27. The van der Waals surface area contributed by atoms with E-state index in [1.165, 1.54) is 5.56 Å². The first-order chi connectivity index (χ1) is 7.51. The maximum Gasteiger partial charge on any atom is 0.390 e.